The summed E-state index contributed by atoms with van der Waals surface area (Å²) >= 11 is 0. The lowest BCUT2D eigenvalue weighted by atomic mass is 10.0. The molecule has 1 aliphatic rings. The summed E-state index contributed by atoms with van der Waals surface area (Å²) in [5.74, 6) is 2.05. The summed E-state index contributed by atoms with van der Waals surface area (Å²) in [5, 5.41) is 0. The van der Waals surface area contributed by atoms with Crippen molar-refractivity contribution in [3.8, 4) is 0 Å². The summed E-state index contributed by atoms with van der Waals surface area (Å²) in [6.07, 6.45) is 3.53. The lowest BCUT2D eigenvalue weighted by Gasteiger charge is -2.36. The van der Waals surface area contributed by atoms with Crippen LogP contribution in [0.3, 0.4) is 0 Å². The van der Waals surface area contributed by atoms with E-state index in [4.69, 9.17) is 14.9 Å². The number of nitrogens with zero attached hydrogens (tertiary/aromatic N) is 1. The second-order valence-corrected chi connectivity index (χ2v) is 5.10. The Morgan fingerprint density at radius 2 is 2.11 bits per heavy atom. The molecule has 1 atom stereocenters. The standard InChI is InChI=1S/C15H26N2O2/c1-3-12-5-6-15(19-12)14(11-16)17-9-7-13(8-10-17)18-4-2/h5-6,13-14H,3-4,7-11,16H2,1-2H3. The van der Waals surface area contributed by atoms with Gasteiger partial charge in [-0.1, -0.05) is 6.92 Å². The van der Waals surface area contributed by atoms with Gasteiger partial charge in [-0.15, -0.1) is 0 Å². The average Bonchev–Trinajstić information content (AvgIpc) is 2.91. The topological polar surface area (TPSA) is 51.6 Å². The van der Waals surface area contributed by atoms with Gasteiger partial charge in [-0.25, -0.2) is 0 Å². The lowest BCUT2D eigenvalue weighted by molar-refractivity contribution is 0.00214. The molecule has 0 aliphatic carbocycles. The first-order chi connectivity index (χ1) is 9.28. The first-order valence-electron chi connectivity index (χ1n) is 7.42. The number of piperidine rings is 1. The van der Waals surface area contributed by atoms with E-state index in [1.165, 1.54) is 0 Å². The molecule has 0 saturated carbocycles. The Bertz CT molecular complexity index is 370. The van der Waals surface area contributed by atoms with Gasteiger partial charge in [-0.05, 0) is 31.9 Å². The van der Waals surface area contributed by atoms with E-state index < -0.39 is 0 Å². The van der Waals surface area contributed by atoms with Gasteiger partial charge in [0.1, 0.15) is 11.5 Å². The smallest absolute Gasteiger partial charge is 0.122 e. The molecule has 4 heteroatoms. The van der Waals surface area contributed by atoms with E-state index in [0.29, 0.717) is 12.6 Å². The predicted octanol–water partition coefficient (Wildman–Crippen LogP) is 2.34. The number of likely N-dealkylation sites (tertiary alicyclic amines) is 1. The van der Waals surface area contributed by atoms with Crippen LogP contribution >= 0.6 is 0 Å². The minimum atomic E-state index is 0.211. The van der Waals surface area contributed by atoms with Crippen LogP contribution in [0.15, 0.2) is 16.5 Å². The van der Waals surface area contributed by atoms with E-state index in [9.17, 15) is 0 Å². The molecule has 1 saturated heterocycles. The SMILES string of the molecule is CCOC1CCN(C(CN)c2ccc(CC)o2)CC1. The molecule has 4 nitrogen and oxygen atoms in total. The van der Waals surface area contributed by atoms with Crippen LogP contribution in [0.25, 0.3) is 0 Å². The summed E-state index contributed by atoms with van der Waals surface area (Å²) < 4.78 is 11.6. The molecule has 108 valence electrons. The molecule has 0 radical (unpaired) electrons. The van der Waals surface area contributed by atoms with Gasteiger partial charge in [0.25, 0.3) is 0 Å². The molecule has 2 rings (SSSR count). The molecule has 0 spiro atoms. The van der Waals surface area contributed by atoms with Crippen molar-refractivity contribution in [2.45, 2.75) is 45.3 Å². The fourth-order valence-corrected chi connectivity index (χ4v) is 2.80. The molecular weight excluding hydrogens is 240 g/mol. The Morgan fingerprint density at radius 3 is 2.63 bits per heavy atom. The van der Waals surface area contributed by atoms with Crippen molar-refractivity contribution >= 4 is 0 Å². The normalized spacial score (nSPS) is 19.7. The van der Waals surface area contributed by atoms with Gasteiger partial charge in [0.2, 0.25) is 0 Å². The number of hydrogen-bond donors (Lipinski definition) is 1. The third-order valence-corrected chi connectivity index (χ3v) is 3.90. The zero-order valence-corrected chi connectivity index (χ0v) is 12.1. The van der Waals surface area contributed by atoms with Crippen molar-refractivity contribution in [3.63, 3.8) is 0 Å². The quantitative estimate of drug-likeness (QED) is 0.858. The number of aryl methyl sites for hydroxylation is 1. The van der Waals surface area contributed by atoms with Crippen LogP contribution < -0.4 is 5.73 Å². The highest BCUT2D eigenvalue weighted by Crippen LogP contribution is 2.26. The largest absolute Gasteiger partial charge is 0.464 e. The van der Waals surface area contributed by atoms with Crippen LogP contribution in [0.1, 0.15) is 44.3 Å². The molecule has 1 aromatic heterocycles. The molecule has 1 aliphatic heterocycles. The Morgan fingerprint density at radius 1 is 1.37 bits per heavy atom. The van der Waals surface area contributed by atoms with Crippen LogP contribution in [0.5, 0.6) is 0 Å². The lowest BCUT2D eigenvalue weighted by Crippen LogP contribution is -2.41. The molecule has 2 N–H and O–H groups in total. The first kappa shape index (κ1) is 14.6. The number of rotatable bonds is 6. The minimum Gasteiger partial charge on any atom is -0.464 e. The molecule has 0 amide bonds. The highest BCUT2D eigenvalue weighted by Gasteiger charge is 2.27. The van der Waals surface area contributed by atoms with Gasteiger partial charge < -0.3 is 14.9 Å². The first-order valence-corrected chi connectivity index (χ1v) is 7.42. The zero-order chi connectivity index (χ0) is 13.7. The molecule has 0 aromatic carbocycles. The molecule has 0 bridgehead atoms. The molecule has 1 unspecified atom stereocenters. The van der Waals surface area contributed by atoms with E-state index in [2.05, 4.69) is 30.9 Å². The maximum atomic E-state index is 5.95. The summed E-state index contributed by atoms with van der Waals surface area (Å²) in [5.41, 5.74) is 5.95. The van der Waals surface area contributed by atoms with Gasteiger partial charge in [0.15, 0.2) is 0 Å². The van der Waals surface area contributed by atoms with E-state index in [1.54, 1.807) is 0 Å². The van der Waals surface area contributed by atoms with Crippen molar-refractivity contribution in [1.29, 1.82) is 0 Å². The van der Waals surface area contributed by atoms with Crippen LogP contribution in [0, 0.1) is 0 Å². The zero-order valence-electron chi connectivity index (χ0n) is 12.1. The van der Waals surface area contributed by atoms with Crippen LogP contribution in [-0.4, -0.2) is 37.2 Å². The third kappa shape index (κ3) is 3.59. The summed E-state index contributed by atoms with van der Waals surface area (Å²) in [4.78, 5) is 2.42. The van der Waals surface area contributed by atoms with Crippen LogP contribution in [-0.2, 0) is 11.2 Å². The average molecular weight is 266 g/mol. The number of furan rings is 1. The highest BCUT2D eigenvalue weighted by molar-refractivity contribution is 5.11. The predicted molar refractivity (Wildman–Crippen MR) is 76.1 cm³/mol. The fraction of sp³-hybridized carbons (Fsp3) is 0.733. The highest BCUT2D eigenvalue weighted by atomic mass is 16.5. The maximum absolute atomic E-state index is 5.95. The van der Waals surface area contributed by atoms with E-state index >= 15 is 0 Å². The Balaban J connectivity index is 1.95. The monoisotopic (exact) mass is 266 g/mol. The van der Waals surface area contributed by atoms with Gasteiger partial charge in [0.05, 0.1) is 12.1 Å². The minimum absolute atomic E-state index is 0.211. The van der Waals surface area contributed by atoms with Crippen molar-refractivity contribution in [3.05, 3.63) is 23.7 Å². The fourth-order valence-electron chi connectivity index (χ4n) is 2.80. The van der Waals surface area contributed by atoms with Gasteiger partial charge in [-0.2, -0.15) is 0 Å². The second kappa shape index (κ2) is 7.08. The Hall–Kier alpha value is -0.840. The summed E-state index contributed by atoms with van der Waals surface area (Å²) in [6.45, 7) is 7.65. The second-order valence-electron chi connectivity index (χ2n) is 5.10. The molecule has 1 aromatic rings. The molecule has 1 fully saturated rings. The Kier molecular flexibility index (Phi) is 5.43. The maximum Gasteiger partial charge on any atom is 0.122 e. The van der Waals surface area contributed by atoms with Crippen molar-refractivity contribution in [1.82, 2.24) is 4.90 Å². The van der Waals surface area contributed by atoms with Gasteiger partial charge in [0, 0.05) is 32.7 Å². The van der Waals surface area contributed by atoms with Gasteiger partial charge >= 0.3 is 0 Å². The molecule has 19 heavy (non-hydrogen) atoms. The van der Waals surface area contributed by atoms with E-state index in [-0.39, 0.29) is 6.04 Å². The molecular formula is C15H26N2O2. The van der Waals surface area contributed by atoms with Crippen molar-refractivity contribution in [2.75, 3.05) is 26.2 Å². The molecule has 2 heterocycles. The Labute approximate surface area is 115 Å². The van der Waals surface area contributed by atoms with E-state index in [1.807, 2.05) is 0 Å². The number of hydrogen-bond acceptors (Lipinski definition) is 4. The summed E-state index contributed by atoms with van der Waals surface area (Å²) in [6, 6.07) is 4.35. The van der Waals surface area contributed by atoms with Gasteiger partial charge in [-0.3, -0.25) is 4.90 Å². The van der Waals surface area contributed by atoms with Crippen LogP contribution in [0.4, 0.5) is 0 Å². The van der Waals surface area contributed by atoms with Crippen molar-refractivity contribution < 1.29 is 9.15 Å². The summed E-state index contributed by atoms with van der Waals surface area (Å²) in [7, 11) is 0. The van der Waals surface area contributed by atoms with E-state index in [0.717, 1.165) is 50.5 Å². The number of ether oxygens (including phenoxy) is 1. The number of nitrogens with two attached hydrogens (primary N) is 1. The third-order valence-electron chi connectivity index (χ3n) is 3.90. The van der Waals surface area contributed by atoms with Crippen LogP contribution in [0.2, 0.25) is 0 Å². The van der Waals surface area contributed by atoms with Crippen molar-refractivity contribution in [2.24, 2.45) is 5.73 Å².